The van der Waals surface area contributed by atoms with Crippen LogP contribution in [-0.4, -0.2) is 27.9 Å². The Hall–Kier alpha value is -2.23. The van der Waals surface area contributed by atoms with Gasteiger partial charge < -0.3 is 14.1 Å². The molecule has 0 fully saturated rings. The lowest BCUT2D eigenvalue weighted by molar-refractivity contribution is -0.157. The largest absolute Gasteiger partial charge is 0.453 e. The molecule has 0 radical (unpaired) electrons. The van der Waals surface area contributed by atoms with Gasteiger partial charge in [0.1, 0.15) is 5.71 Å². The molecule has 0 aromatic carbocycles. The number of halogens is 1. The molecule has 1 aliphatic rings. The molecule has 10 heteroatoms. The van der Waals surface area contributed by atoms with Crippen molar-refractivity contribution in [1.82, 2.24) is 10.1 Å². The topological polar surface area (TPSA) is 86.8 Å². The minimum absolute atomic E-state index is 0.115. The Morgan fingerprint density at radius 1 is 1.40 bits per heavy atom. The first-order valence-corrected chi connectivity index (χ1v) is 9.33. The highest BCUT2D eigenvalue weighted by Crippen LogP contribution is 2.27. The van der Waals surface area contributed by atoms with Crippen molar-refractivity contribution in [2.75, 3.05) is 0 Å². The zero-order chi connectivity index (χ0) is 17.2. The average Bonchev–Trinajstić information content (AvgIpc) is 3.38. The molecule has 4 heterocycles. The number of ether oxygens (including phenoxy) is 1. The Bertz CT molecular complexity index is 919. The number of oxime groups is 1. The Labute approximate surface area is 154 Å². The number of carbonyl (C=O) groups is 1. The van der Waals surface area contributed by atoms with Crippen LogP contribution in [0, 0.1) is 0 Å². The molecule has 1 aliphatic heterocycles. The second kappa shape index (κ2) is 6.95. The quantitative estimate of drug-likeness (QED) is 0.611. The van der Waals surface area contributed by atoms with Gasteiger partial charge in [-0.3, -0.25) is 0 Å². The predicted octanol–water partition coefficient (Wildman–Crippen LogP) is 3.75. The summed E-state index contributed by atoms with van der Waals surface area (Å²) in [5, 5.41) is 11.6. The number of esters is 1. The van der Waals surface area contributed by atoms with Gasteiger partial charge >= 0.3 is 5.97 Å². The number of hydrogen-bond donors (Lipinski definition) is 0. The maximum atomic E-state index is 12.1. The SMILES string of the molecule is O=C(OCc1nc(-c2ccsc2)no1)[C@@H]1CC(c2ccc(Cl)s2)=NO1. The van der Waals surface area contributed by atoms with E-state index in [0.29, 0.717) is 22.3 Å². The van der Waals surface area contributed by atoms with Crippen molar-refractivity contribution >= 4 is 46.0 Å². The maximum Gasteiger partial charge on any atom is 0.351 e. The van der Waals surface area contributed by atoms with Crippen molar-refractivity contribution in [1.29, 1.82) is 0 Å². The normalized spacial score (nSPS) is 16.5. The summed E-state index contributed by atoms with van der Waals surface area (Å²) in [6, 6.07) is 5.50. The molecule has 0 saturated heterocycles. The first kappa shape index (κ1) is 16.2. The maximum absolute atomic E-state index is 12.1. The van der Waals surface area contributed by atoms with Gasteiger partial charge in [-0.15, -0.1) is 11.3 Å². The molecule has 0 bridgehead atoms. The highest BCUT2D eigenvalue weighted by atomic mass is 35.5. The van der Waals surface area contributed by atoms with Crippen LogP contribution < -0.4 is 0 Å². The van der Waals surface area contributed by atoms with Gasteiger partial charge in [0.15, 0.2) is 6.61 Å². The van der Waals surface area contributed by atoms with Gasteiger partial charge in [0, 0.05) is 17.4 Å². The molecular formula is C15H10ClN3O4S2. The van der Waals surface area contributed by atoms with Crippen LogP contribution in [0.5, 0.6) is 0 Å². The van der Waals surface area contributed by atoms with E-state index >= 15 is 0 Å². The summed E-state index contributed by atoms with van der Waals surface area (Å²) in [7, 11) is 0. The van der Waals surface area contributed by atoms with Crippen molar-refractivity contribution in [3.8, 4) is 11.4 Å². The minimum atomic E-state index is -0.782. The van der Waals surface area contributed by atoms with Gasteiger partial charge in [0.05, 0.1) is 9.21 Å². The van der Waals surface area contributed by atoms with Gasteiger partial charge in [0.25, 0.3) is 5.89 Å². The number of thiophene rings is 2. The highest BCUT2D eigenvalue weighted by Gasteiger charge is 2.31. The van der Waals surface area contributed by atoms with E-state index in [4.69, 9.17) is 25.7 Å². The molecule has 0 spiro atoms. The second-order valence-electron chi connectivity index (χ2n) is 5.07. The first-order chi connectivity index (χ1) is 12.2. The number of nitrogens with zero attached hydrogens (tertiary/aromatic N) is 3. The smallest absolute Gasteiger partial charge is 0.351 e. The summed E-state index contributed by atoms with van der Waals surface area (Å²) in [6.07, 6.45) is -0.449. The molecule has 25 heavy (non-hydrogen) atoms. The molecule has 7 nitrogen and oxygen atoms in total. The van der Waals surface area contributed by atoms with E-state index in [1.54, 1.807) is 6.07 Å². The van der Waals surface area contributed by atoms with Gasteiger partial charge in [-0.05, 0) is 23.6 Å². The lowest BCUT2D eigenvalue weighted by Crippen LogP contribution is -2.23. The second-order valence-corrected chi connectivity index (χ2v) is 7.57. The van der Waals surface area contributed by atoms with Crippen molar-refractivity contribution in [2.45, 2.75) is 19.1 Å². The molecule has 1 atom stereocenters. The minimum Gasteiger partial charge on any atom is -0.453 e. The standard InChI is InChI=1S/C15H10ClN3O4S2/c16-12-2-1-11(25-12)9-5-10(22-18-9)15(20)21-6-13-17-14(19-23-13)8-3-4-24-7-8/h1-4,7,10H,5-6H2/t10-/m0/s1. The Kier molecular flexibility index (Phi) is 4.51. The Balaban J connectivity index is 1.31. The molecule has 0 aliphatic carbocycles. The van der Waals surface area contributed by atoms with Gasteiger partial charge in [-0.1, -0.05) is 21.9 Å². The third-order valence-electron chi connectivity index (χ3n) is 3.37. The third-order valence-corrected chi connectivity index (χ3v) is 5.34. The first-order valence-electron chi connectivity index (χ1n) is 7.19. The van der Waals surface area contributed by atoms with E-state index in [1.807, 2.05) is 22.9 Å². The summed E-state index contributed by atoms with van der Waals surface area (Å²) >= 11 is 8.82. The average molecular weight is 396 g/mol. The van der Waals surface area contributed by atoms with Crippen LogP contribution in [0.15, 0.2) is 38.6 Å². The highest BCUT2D eigenvalue weighted by molar-refractivity contribution is 7.18. The van der Waals surface area contributed by atoms with Crippen LogP contribution in [0.4, 0.5) is 0 Å². The number of rotatable bonds is 5. The van der Waals surface area contributed by atoms with Crippen LogP contribution in [0.25, 0.3) is 11.4 Å². The lowest BCUT2D eigenvalue weighted by Gasteiger charge is -2.06. The Morgan fingerprint density at radius 3 is 3.08 bits per heavy atom. The van der Waals surface area contributed by atoms with E-state index < -0.39 is 12.1 Å². The summed E-state index contributed by atoms with van der Waals surface area (Å²) in [4.78, 5) is 22.3. The van der Waals surface area contributed by atoms with E-state index in [-0.39, 0.29) is 12.5 Å². The molecule has 0 N–H and O–H groups in total. The van der Waals surface area contributed by atoms with Crippen molar-refractivity contribution in [3.63, 3.8) is 0 Å². The molecule has 4 rings (SSSR count). The van der Waals surface area contributed by atoms with E-state index in [0.717, 1.165) is 10.4 Å². The van der Waals surface area contributed by atoms with Crippen molar-refractivity contribution in [3.05, 3.63) is 44.1 Å². The van der Waals surface area contributed by atoms with E-state index in [9.17, 15) is 4.79 Å². The molecule has 0 saturated carbocycles. The fourth-order valence-electron chi connectivity index (χ4n) is 2.17. The van der Waals surface area contributed by atoms with Gasteiger partial charge in [-0.2, -0.15) is 16.3 Å². The Morgan fingerprint density at radius 2 is 2.32 bits per heavy atom. The van der Waals surface area contributed by atoms with Crippen molar-refractivity contribution < 1.29 is 18.9 Å². The van der Waals surface area contributed by atoms with Crippen LogP contribution in [-0.2, 0) is 21.0 Å². The molecule has 3 aromatic rings. The van der Waals surface area contributed by atoms with E-state index in [1.165, 1.54) is 22.7 Å². The monoisotopic (exact) mass is 395 g/mol. The summed E-state index contributed by atoms with van der Waals surface area (Å²) < 4.78 is 10.9. The number of hydrogen-bond acceptors (Lipinski definition) is 9. The summed E-state index contributed by atoms with van der Waals surface area (Å²) in [6.45, 7) is -0.115. The predicted molar refractivity (Wildman–Crippen MR) is 92.8 cm³/mol. The zero-order valence-corrected chi connectivity index (χ0v) is 14.9. The molecule has 0 unspecified atom stereocenters. The summed E-state index contributed by atoms with van der Waals surface area (Å²) in [5.74, 6) is 0.153. The van der Waals surface area contributed by atoms with Gasteiger partial charge in [-0.25, -0.2) is 4.79 Å². The molecule has 0 amide bonds. The molecule has 128 valence electrons. The number of carbonyl (C=O) groups excluding carboxylic acids is 1. The zero-order valence-electron chi connectivity index (χ0n) is 12.5. The number of aromatic nitrogens is 2. The van der Waals surface area contributed by atoms with Crippen LogP contribution in [0.2, 0.25) is 4.34 Å². The molecular weight excluding hydrogens is 386 g/mol. The van der Waals surface area contributed by atoms with Gasteiger partial charge in [0.2, 0.25) is 11.9 Å². The van der Waals surface area contributed by atoms with Crippen LogP contribution in [0.3, 0.4) is 0 Å². The van der Waals surface area contributed by atoms with Crippen LogP contribution in [0.1, 0.15) is 17.2 Å². The lowest BCUT2D eigenvalue weighted by atomic mass is 10.1. The fraction of sp³-hybridized carbons (Fsp3) is 0.200. The van der Waals surface area contributed by atoms with Crippen molar-refractivity contribution in [2.24, 2.45) is 5.16 Å². The fourth-order valence-corrected chi connectivity index (χ4v) is 3.83. The van der Waals surface area contributed by atoms with E-state index in [2.05, 4.69) is 15.3 Å². The summed E-state index contributed by atoms with van der Waals surface area (Å²) in [5.41, 5.74) is 1.54. The third kappa shape index (κ3) is 3.58. The molecule has 3 aromatic heterocycles. The van der Waals surface area contributed by atoms with Crippen LogP contribution >= 0.6 is 34.3 Å².